The predicted molar refractivity (Wildman–Crippen MR) is 85.3 cm³/mol. The van der Waals surface area contributed by atoms with Gasteiger partial charge in [0.15, 0.2) is 0 Å². The van der Waals surface area contributed by atoms with Crippen LogP contribution in [0.1, 0.15) is 43.8 Å². The molecule has 0 saturated heterocycles. The van der Waals surface area contributed by atoms with Gasteiger partial charge in [-0.1, -0.05) is 13.8 Å². The van der Waals surface area contributed by atoms with E-state index in [4.69, 9.17) is 9.15 Å². The number of nitrogens with one attached hydrogen (secondary N) is 1. The molecule has 0 aromatic carbocycles. The van der Waals surface area contributed by atoms with Crippen LogP contribution >= 0.6 is 0 Å². The van der Waals surface area contributed by atoms with Crippen LogP contribution in [0.4, 0.5) is 0 Å². The molecule has 2 rings (SSSR count). The fourth-order valence-corrected chi connectivity index (χ4v) is 2.58. The first-order valence-electron chi connectivity index (χ1n) is 8.11. The maximum Gasteiger partial charge on any atom is 0.118 e. The normalized spacial score (nSPS) is 15.3. The van der Waals surface area contributed by atoms with Crippen molar-refractivity contribution in [2.24, 2.45) is 5.92 Å². The molecule has 4 nitrogen and oxygen atoms in total. The van der Waals surface area contributed by atoms with Crippen LogP contribution in [0.2, 0.25) is 0 Å². The minimum Gasteiger partial charge on any atom is -0.465 e. The summed E-state index contributed by atoms with van der Waals surface area (Å²) in [4.78, 5) is 2.45. The number of hydrogen-bond acceptors (Lipinski definition) is 4. The average Bonchev–Trinajstić information content (AvgIpc) is 3.19. The van der Waals surface area contributed by atoms with Crippen LogP contribution in [0, 0.1) is 12.8 Å². The van der Waals surface area contributed by atoms with Gasteiger partial charge >= 0.3 is 0 Å². The molecular weight excluding hydrogens is 264 g/mol. The second-order valence-electron chi connectivity index (χ2n) is 6.57. The Kier molecular flexibility index (Phi) is 6.27. The lowest BCUT2D eigenvalue weighted by atomic mass is 10.1. The third-order valence-electron chi connectivity index (χ3n) is 3.84. The molecule has 1 aromatic rings. The van der Waals surface area contributed by atoms with Gasteiger partial charge in [0, 0.05) is 38.3 Å². The van der Waals surface area contributed by atoms with Crippen LogP contribution in [-0.4, -0.2) is 37.7 Å². The van der Waals surface area contributed by atoms with E-state index in [2.05, 4.69) is 37.1 Å². The van der Waals surface area contributed by atoms with Gasteiger partial charge in [-0.15, -0.1) is 0 Å². The Morgan fingerprint density at radius 1 is 1.43 bits per heavy atom. The maximum atomic E-state index is 5.88. The third kappa shape index (κ3) is 5.81. The van der Waals surface area contributed by atoms with Crippen molar-refractivity contribution in [2.45, 2.75) is 52.7 Å². The van der Waals surface area contributed by atoms with Crippen LogP contribution in [-0.2, 0) is 17.8 Å². The molecule has 0 bridgehead atoms. The Morgan fingerprint density at radius 2 is 2.19 bits per heavy atom. The van der Waals surface area contributed by atoms with E-state index in [-0.39, 0.29) is 0 Å². The summed E-state index contributed by atoms with van der Waals surface area (Å²) in [7, 11) is 1.76. The van der Waals surface area contributed by atoms with E-state index in [1.165, 1.54) is 18.4 Å². The van der Waals surface area contributed by atoms with Gasteiger partial charge in [0.25, 0.3) is 0 Å². The lowest BCUT2D eigenvalue weighted by Crippen LogP contribution is -2.30. The van der Waals surface area contributed by atoms with Gasteiger partial charge in [-0.25, -0.2) is 0 Å². The summed E-state index contributed by atoms with van der Waals surface area (Å²) in [6.45, 7) is 11.2. The Labute approximate surface area is 128 Å². The maximum absolute atomic E-state index is 5.88. The number of hydrogen-bond donors (Lipinski definition) is 1. The number of ether oxygens (including phenoxy) is 1. The van der Waals surface area contributed by atoms with Gasteiger partial charge in [0.2, 0.25) is 0 Å². The topological polar surface area (TPSA) is 37.6 Å². The fourth-order valence-electron chi connectivity index (χ4n) is 2.58. The van der Waals surface area contributed by atoms with Crippen molar-refractivity contribution in [3.63, 3.8) is 0 Å². The van der Waals surface area contributed by atoms with E-state index in [0.29, 0.717) is 5.92 Å². The SMILES string of the molecule is COCCN(Cc1cc(CNC2CC2)oc1C)CC(C)C. The number of rotatable bonds is 10. The second-order valence-corrected chi connectivity index (χ2v) is 6.57. The fraction of sp³-hybridized carbons (Fsp3) is 0.765. The summed E-state index contributed by atoms with van der Waals surface area (Å²) in [5.74, 6) is 2.77. The summed E-state index contributed by atoms with van der Waals surface area (Å²) in [5.41, 5.74) is 1.30. The Bertz CT molecular complexity index is 424. The van der Waals surface area contributed by atoms with Gasteiger partial charge in [-0.2, -0.15) is 0 Å². The first-order chi connectivity index (χ1) is 10.1. The predicted octanol–water partition coefficient (Wildman–Crippen LogP) is 2.94. The smallest absolute Gasteiger partial charge is 0.118 e. The van der Waals surface area contributed by atoms with E-state index >= 15 is 0 Å². The zero-order chi connectivity index (χ0) is 15.2. The highest BCUT2D eigenvalue weighted by atomic mass is 16.5. The third-order valence-corrected chi connectivity index (χ3v) is 3.84. The van der Waals surface area contributed by atoms with Crippen LogP contribution < -0.4 is 5.32 Å². The Balaban J connectivity index is 1.90. The molecule has 0 radical (unpaired) electrons. The van der Waals surface area contributed by atoms with Gasteiger partial charge in [-0.05, 0) is 31.7 Å². The highest BCUT2D eigenvalue weighted by molar-refractivity contribution is 5.21. The number of methoxy groups -OCH3 is 1. The summed E-state index contributed by atoms with van der Waals surface area (Å²) in [6, 6.07) is 2.93. The van der Waals surface area contributed by atoms with Crippen molar-refractivity contribution in [3.05, 3.63) is 23.2 Å². The van der Waals surface area contributed by atoms with Gasteiger partial charge in [-0.3, -0.25) is 4.90 Å². The molecule has 21 heavy (non-hydrogen) atoms. The van der Waals surface area contributed by atoms with Gasteiger partial charge < -0.3 is 14.5 Å². The van der Waals surface area contributed by atoms with E-state index in [9.17, 15) is 0 Å². The standard InChI is InChI=1S/C17H30N2O2/c1-13(2)11-19(7-8-20-4)12-15-9-17(21-14(15)3)10-18-16-5-6-16/h9,13,16,18H,5-8,10-12H2,1-4H3. The van der Waals surface area contributed by atoms with Crippen molar-refractivity contribution in [3.8, 4) is 0 Å². The monoisotopic (exact) mass is 294 g/mol. The zero-order valence-corrected chi connectivity index (χ0v) is 13.9. The zero-order valence-electron chi connectivity index (χ0n) is 13.9. The molecule has 0 spiro atoms. The van der Waals surface area contributed by atoms with Crippen LogP contribution in [0.3, 0.4) is 0 Å². The van der Waals surface area contributed by atoms with Crippen molar-refractivity contribution >= 4 is 0 Å². The lowest BCUT2D eigenvalue weighted by molar-refractivity contribution is 0.135. The summed E-state index contributed by atoms with van der Waals surface area (Å²) >= 11 is 0. The molecule has 1 aliphatic carbocycles. The lowest BCUT2D eigenvalue weighted by Gasteiger charge is -2.23. The highest BCUT2D eigenvalue weighted by Crippen LogP contribution is 2.21. The summed E-state index contributed by atoms with van der Waals surface area (Å²) in [5, 5.41) is 3.51. The first kappa shape index (κ1) is 16.5. The minimum absolute atomic E-state index is 0.657. The number of furan rings is 1. The molecule has 120 valence electrons. The first-order valence-corrected chi connectivity index (χ1v) is 8.11. The van der Waals surface area contributed by atoms with Crippen LogP contribution in [0.25, 0.3) is 0 Å². The second kappa shape index (κ2) is 7.97. The molecule has 0 unspecified atom stereocenters. The highest BCUT2D eigenvalue weighted by Gasteiger charge is 2.21. The van der Waals surface area contributed by atoms with Crippen molar-refractivity contribution in [1.82, 2.24) is 10.2 Å². The molecule has 0 atom stereocenters. The molecular formula is C17H30N2O2. The van der Waals surface area contributed by atoms with Gasteiger partial charge in [0.1, 0.15) is 11.5 Å². The molecule has 1 fully saturated rings. The number of aryl methyl sites for hydroxylation is 1. The van der Waals surface area contributed by atoms with Crippen molar-refractivity contribution in [1.29, 1.82) is 0 Å². The average molecular weight is 294 g/mol. The summed E-state index contributed by atoms with van der Waals surface area (Å²) < 4.78 is 11.1. The van der Waals surface area contributed by atoms with Crippen LogP contribution in [0.5, 0.6) is 0 Å². The molecule has 0 aliphatic heterocycles. The molecule has 4 heteroatoms. The molecule has 1 saturated carbocycles. The summed E-state index contributed by atoms with van der Waals surface area (Å²) in [6.07, 6.45) is 2.62. The van der Waals surface area contributed by atoms with E-state index < -0.39 is 0 Å². The Hall–Kier alpha value is -0.840. The van der Waals surface area contributed by atoms with E-state index in [0.717, 1.165) is 50.3 Å². The quantitative estimate of drug-likeness (QED) is 0.720. The molecule has 1 aromatic heterocycles. The molecule has 0 amide bonds. The van der Waals surface area contributed by atoms with Crippen molar-refractivity contribution < 1.29 is 9.15 Å². The molecule has 1 N–H and O–H groups in total. The largest absolute Gasteiger partial charge is 0.465 e. The number of nitrogens with zero attached hydrogens (tertiary/aromatic N) is 1. The Morgan fingerprint density at radius 3 is 2.81 bits per heavy atom. The molecule has 1 heterocycles. The van der Waals surface area contributed by atoms with Crippen molar-refractivity contribution in [2.75, 3.05) is 26.8 Å². The van der Waals surface area contributed by atoms with E-state index in [1.54, 1.807) is 7.11 Å². The minimum atomic E-state index is 0.657. The van der Waals surface area contributed by atoms with Gasteiger partial charge in [0.05, 0.1) is 13.2 Å². The van der Waals surface area contributed by atoms with E-state index in [1.807, 2.05) is 0 Å². The molecule has 1 aliphatic rings. The van der Waals surface area contributed by atoms with Crippen LogP contribution in [0.15, 0.2) is 10.5 Å².